The van der Waals surface area contributed by atoms with E-state index in [9.17, 15) is 4.39 Å². The third-order valence-corrected chi connectivity index (χ3v) is 3.11. The highest BCUT2D eigenvalue weighted by Crippen LogP contribution is 2.28. The number of hydrogen-bond acceptors (Lipinski definition) is 3. The van der Waals surface area contributed by atoms with Gasteiger partial charge in [-0.2, -0.15) is 0 Å². The topological polar surface area (TPSA) is 30.5 Å². The molecule has 0 spiro atoms. The van der Waals surface area contributed by atoms with E-state index in [1.165, 1.54) is 12.1 Å². The van der Waals surface area contributed by atoms with Gasteiger partial charge in [0.2, 0.25) is 0 Å². The Morgan fingerprint density at radius 3 is 2.32 bits per heavy atom. The molecule has 0 amide bonds. The fourth-order valence-corrected chi connectivity index (χ4v) is 1.95. The lowest BCUT2D eigenvalue weighted by Crippen LogP contribution is -2.11. The fourth-order valence-electron chi connectivity index (χ4n) is 1.95. The molecule has 0 radical (unpaired) electrons. The molecular formula is C17H21ClFNO2. The molecule has 5 heteroatoms. The molecule has 0 aliphatic heterocycles. The normalized spacial score (nSPS) is 9.95. The van der Waals surface area contributed by atoms with Crippen LogP contribution in [0.3, 0.4) is 0 Å². The van der Waals surface area contributed by atoms with E-state index < -0.39 is 0 Å². The quantitative estimate of drug-likeness (QED) is 0.836. The molecule has 3 nitrogen and oxygen atoms in total. The molecule has 2 aromatic carbocycles. The number of nitrogens with one attached hydrogen (secondary N) is 1. The number of rotatable bonds is 7. The summed E-state index contributed by atoms with van der Waals surface area (Å²) in [4.78, 5) is 0. The first-order chi connectivity index (χ1) is 10.2. The van der Waals surface area contributed by atoms with Crippen LogP contribution in [0.25, 0.3) is 0 Å². The van der Waals surface area contributed by atoms with Gasteiger partial charge in [-0.3, -0.25) is 0 Å². The Bertz CT molecular complexity index is 575. The van der Waals surface area contributed by atoms with Gasteiger partial charge in [-0.1, -0.05) is 25.1 Å². The van der Waals surface area contributed by atoms with E-state index in [1.54, 1.807) is 19.2 Å². The summed E-state index contributed by atoms with van der Waals surface area (Å²) in [6.07, 6.45) is 0. The van der Waals surface area contributed by atoms with Crippen LogP contribution in [-0.2, 0) is 13.2 Å². The minimum absolute atomic E-state index is 0. The minimum atomic E-state index is -0.246. The minimum Gasteiger partial charge on any atom is -0.493 e. The molecule has 0 bridgehead atoms. The average molecular weight is 326 g/mol. The summed E-state index contributed by atoms with van der Waals surface area (Å²) in [6, 6.07) is 12.1. The molecule has 0 heterocycles. The van der Waals surface area contributed by atoms with Crippen LogP contribution < -0.4 is 14.8 Å². The molecule has 0 unspecified atom stereocenters. The summed E-state index contributed by atoms with van der Waals surface area (Å²) >= 11 is 0. The van der Waals surface area contributed by atoms with Crippen LogP contribution in [0.1, 0.15) is 18.1 Å². The van der Waals surface area contributed by atoms with Crippen LogP contribution in [0.15, 0.2) is 42.5 Å². The second-order valence-corrected chi connectivity index (χ2v) is 4.68. The van der Waals surface area contributed by atoms with Crippen LogP contribution in [0.4, 0.5) is 4.39 Å². The molecule has 0 fully saturated rings. The maximum Gasteiger partial charge on any atom is 0.161 e. The third-order valence-electron chi connectivity index (χ3n) is 3.11. The van der Waals surface area contributed by atoms with E-state index in [-0.39, 0.29) is 18.2 Å². The number of ether oxygens (including phenoxy) is 2. The lowest BCUT2D eigenvalue weighted by atomic mass is 10.2. The van der Waals surface area contributed by atoms with Crippen molar-refractivity contribution in [2.75, 3.05) is 13.7 Å². The van der Waals surface area contributed by atoms with Gasteiger partial charge in [-0.15, -0.1) is 12.4 Å². The standard InChI is InChI=1S/C17H20FNO2.ClH/c1-3-19-11-14-6-9-16(17(10-14)20-2)21-12-13-4-7-15(18)8-5-13;/h4-10,19H,3,11-12H2,1-2H3;1H. The number of hydrogen-bond donors (Lipinski definition) is 1. The van der Waals surface area contributed by atoms with E-state index in [2.05, 4.69) is 12.2 Å². The van der Waals surface area contributed by atoms with Crippen molar-refractivity contribution in [1.82, 2.24) is 5.32 Å². The lowest BCUT2D eigenvalue weighted by molar-refractivity contribution is 0.284. The van der Waals surface area contributed by atoms with Gasteiger partial charge >= 0.3 is 0 Å². The van der Waals surface area contributed by atoms with Crippen LogP contribution in [0.5, 0.6) is 11.5 Å². The maximum atomic E-state index is 12.8. The van der Waals surface area contributed by atoms with Crippen molar-refractivity contribution in [2.45, 2.75) is 20.1 Å². The summed E-state index contributed by atoms with van der Waals surface area (Å²) in [5.41, 5.74) is 2.05. The summed E-state index contributed by atoms with van der Waals surface area (Å²) < 4.78 is 24.0. The van der Waals surface area contributed by atoms with Crippen LogP contribution in [-0.4, -0.2) is 13.7 Å². The first kappa shape index (κ1) is 18.3. The predicted octanol–water partition coefficient (Wildman–Crippen LogP) is 3.94. The highest BCUT2D eigenvalue weighted by Gasteiger charge is 2.06. The van der Waals surface area contributed by atoms with Gasteiger partial charge in [0.15, 0.2) is 11.5 Å². The molecule has 2 aromatic rings. The van der Waals surface area contributed by atoms with Crippen molar-refractivity contribution in [3.05, 3.63) is 59.4 Å². The Morgan fingerprint density at radius 1 is 1.00 bits per heavy atom. The molecule has 0 aromatic heterocycles. The van der Waals surface area contributed by atoms with E-state index in [0.29, 0.717) is 18.1 Å². The smallest absolute Gasteiger partial charge is 0.161 e. The van der Waals surface area contributed by atoms with Gasteiger partial charge in [0, 0.05) is 6.54 Å². The zero-order chi connectivity index (χ0) is 15.1. The first-order valence-corrected chi connectivity index (χ1v) is 6.97. The van der Waals surface area contributed by atoms with Crippen molar-refractivity contribution in [3.63, 3.8) is 0 Å². The number of halogens is 2. The molecule has 0 saturated carbocycles. The van der Waals surface area contributed by atoms with E-state index >= 15 is 0 Å². The predicted molar refractivity (Wildman–Crippen MR) is 88.4 cm³/mol. The molecule has 120 valence electrons. The van der Waals surface area contributed by atoms with Crippen LogP contribution in [0, 0.1) is 5.82 Å². The monoisotopic (exact) mass is 325 g/mol. The van der Waals surface area contributed by atoms with Gasteiger partial charge in [0.1, 0.15) is 12.4 Å². The molecule has 1 N–H and O–H groups in total. The molecular weight excluding hydrogens is 305 g/mol. The highest BCUT2D eigenvalue weighted by molar-refractivity contribution is 5.85. The van der Waals surface area contributed by atoms with E-state index in [1.807, 2.05) is 18.2 Å². The summed E-state index contributed by atoms with van der Waals surface area (Å²) in [5.74, 6) is 1.14. The molecule has 0 saturated heterocycles. The first-order valence-electron chi connectivity index (χ1n) is 6.97. The van der Waals surface area contributed by atoms with Gasteiger partial charge in [0.25, 0.3) is 0 Å². The lowest BCUT2D eigenvalue weighted by Gasteiger charge is -2.12. The van der Waals surface area contributed by atoms with Crippen LogP contribution in [0.2, 0.25) is 0 Å². The number of benzene rings is 2. The maximum absolute atomic E-state index is 12.8. The SMILES string of the molecule is CCNCc1ccc(OCc2ccc(F)cc2)c(OC)c1.Cl. The zero-order valence-electron chi connectivity index (χ0n) is 12.8. The van der Waals surface area contributed by atoms with Gasteiger partial charge in [-0.25, -0.2) is 4.39 Å². The Labute approximate surface area is 136 Å². The van der Waals surface area contributed by atoms with Crippen molar-refractivity contribution >= 4 is 12.4 Å². The van der Waals surface area contributed by atoms with Crippen molar-refractivity contribution in [2.24, 2.45) is 0 Å². The molecule has 2 rings (SSSR count). The second kappa shape index (κ2) is 9.28. The van der Waals surface area contributed by atoms with Gasteiger partial charge in [-0.05, 0) is 41.9 Å². The van der Waals surface area contributed by atoms with Crippen molar-refractivity contribution < 1.29 is 13.9 Å². The Hall–Kier alpha value is -1.78. The second-order valence-electron chi connectivity index (χ2n) is 4.68. The third kappa shape index (κ3) is 5.20. The largest absolute Gasteiger partial charge is 0.493 e. The highest BCUT2D eigenvalue weighted by atomic mass is 35.5. The molecule has 0 aliphatic carbocycles. The van der Waals surface area contributed by atoms with E-state index in [0.717, 1.165) is 24.2 Å². The summed E-state index contributed by atoms with van der Waals surface area (Å²) in [7, 11) is 1.62. The van der Waals surface area contributed by atoms with E-state index in [4.69, 9.17) is 9.47 Å². The van der Waals surface area contributed by atoms with Crippen LogP contribution >= 0.6 is 12.4 Å². The molecule has 0 atom stereocenters. The molecule has 0 aliphatic rings. The average Bonchev–Trinajstić information content (AvgIpc) is 2.52. The Kier molecular flexibility index (Phi) is 7.71. The number of methoxy groups -OCH3 is 1. The van der Waals surface area contributed by atoms with Gasteiger partial charge in [0.05, 0.1) is 7.11 Å². The summed E-state index contributed by atoms with van der Waals surface area (Å²) in [6.45, 7) is 4.16. The summed E-state index contributed by atoms with van der Waals surface area (Å²) in [5, 5.41) is 3.27. The van der Waals surface area contributed by atoms with Gasteiger partial charge < -0.3 is 14.8 Å². The van der Waals surface area contributed by atoms with Crippen molar-refractivity contribution in [1.29, 1.82) is 0 Å². The Morgan fingerprint density at radius 2 is 1.68 bits per heavy atom. The zero-order valence-corrected chi connectivity index (χ0v) is 13.6. The van der Waals surface area contributed by atoms with Crippen molar-refractivity contribution in [3.8, 4) is 11.5 Å². The fraction of sp³-hybridized carbons (Fsp3) is 0.294. The Balaban J connectivity index is 0.00000242. The molecule has 22 heavy (non-hydrogen) atoms.